The Bertz CT molecular complexity index is 1590. The molecule has 5 heterocycles. The molecular weight excluding hydrogens is 430 g/mol. The average molecular weight is 456 g/mol. The van der Waals surface area contributed by atoms with Gasteiger partial charge in [-0.2, -0.15) is 0 Å². The fraction of sp³-hybridized carbons (Fsp3) is 0.292. The Morgan fingerprint density at radius 3 is 2.71 bits per heavy atom. The van der Waals surface area contributed by atoms with Crippen molar-refractivity contribution in [1.29, 1.82) is 0 Å². The predicted molar refractivity (Wildman–Crippen MR) is 131 cm³/mol. The van der Waals surface area contributed by atoms with Gasteiger partial charge in [0.2, 0.25) is 5.95 Å². The van der Waals surface area contributed by atoms with Gasteiger partial charge in [0.25, 0.3) is 0 Å². The first-order valence-corrected chi connectivity index (χ1v) is 11.3. The van der Waals surface area contributed by atoms with Crippen LogP contribution in [0.15, 0.2) is 54.5 Å². The zero-order valence-electron chi connectivity index (χ0n) is 19.1. The van der Waals surface area contributed by atoms with Gasteiger partial charge in [-0.1, -0.05) is 18.7 Å². The summed E-state index contributed by atoms with van der Waals surface area (Å²) >= 11 is 0. The number of nitrogens with zero attached hydrogens (tertiary/aromatic N) is 8. The number of anilines is 1. The van der Waals surface area contributed by atoms with Crippen LogP contribution in [0.2, 0.25) is 0 Å². The summed E-state index contributed by atoms with van der Waals surface area (Å²) in [6.45, 7) is 7.45. The highest BCUT2D eigenvalue weighted by molar-refractivity contribution is 5.85. The van der Waals surface area contributed by atoms with Crippen molar-refractivity contribution in [2.75, 3.05) is 18.0 Å². The van der Waals surface area contributed by atoms with Gasteiger partial charge >= 0.3 is 5.69 Å². The number of benzene rings is 1. The number of hydrogen-bond acceptors (Lipinski definition) is 6. The van der Waals surface area contributed by atoms with Crippen molar-refractivity contribution >= 4 is 33.6 Å². The van der Waals surface area contributed by atoms with Crippen LogP contribution in [0.25, 0.3) is 33.7 Å². The molecule has 4 aromatic heterocycles. The maximum Gasteiger partial charge on any atom is 0.326 e. The van der Waals surface area contributed by atoms with Gasteiger partial charge in [-0.25, -0.2) is 24.7 Å². The van der Waals surface area contributed by atoms with Crippen LogP contribution in [0, 0.1) is 0 Å². The number of H-pyrrole nitrogens is 1. The maximum absolute atomic E-state index is 12.6. The van der Waals surface area contributed by atoms with Gasteiger partial charge in [-0.05, 0) is 37.5 Å². The van der Waals surface area contributed by atoms with E-state index in [1.165, 1.54) is 0 Å². The third-order valence-electron chi connectivity index (χ3n) is 6.62. The number of aromatic nitrogens is 8. The van der Waals surface area contributed by atoms with Crippen molar-refractivity contribution in [3.63, 3.8) is 0 Å². The molecule has 10 heteroatoms. The predicted octanol–water partition coefficient (Wildman–Crippen LogP) is 3.07. The van der Waals surface area contributed by atoms with E-state index in [0.29, 0.717) is 0 Å². The number of aryl methyl sites for hydroxylation is 1. The van der Waals surface area contributed by atoms with Gasteiger partial charge in [0.15, 0.2) is 17.0 Å². The van der Waals surface area contributed by atoms with E-state index in [1.54, 1.807) is 12.7 Å². The molecule has 0 spiro atoms. The summed E-state index contributed by atoms with van der Waals surface area (Å²) in [5.74, 6) is 1.54. The van der Waals surface area contributed by atoms with Crippen molar-refractivity contribution in [3.8, 4) is 5.95 Å². The number of piperidine rings is 1. The summed E-state index contributed by atoms with van der Waals surface area (Å²) in [5, 5.41) is 0. The Hall–Kier alpha value is -4.21. The lowest BCUT2D eigenvalue weighted by Gasteiger charge is -2.33. The fourth-order valence-electron chi connectivity index (χ4n) is 4.86. The average Bonchev–Trinajstić information content (AvgIpc) is 3.54. The summed E-state index contributed by atoms with van der Waals surface area (Å²) in [6.07, 6.45) is 6.93. The third-order valence-corrected chi connectivity index (χ3v) is 6.62. The van der Waals surface area contributed by atoms with Gasteiger partial charge in [-0.15, -0.1) is 0 Å². The standard InChI is InChI=1S/C24H25N9O/c1-15(2)18-12-32(14-27-18)23-29-20-21(30(23)3)25-13-26-22(20)31-10-8-16(9-11-31)33-19-7-5-4-6-17(19)28-24(33)34/h4-7,12-14,16H,1,8-11H2,2-3H3,(H,28,34). The lowest BCUT2D eigenvalue weighted by atomic mass is 10.0. The van der Waals surface area contributed by atoms with Crippen LogP contribution in [-0.4, -0.2) is 51.7 Å². The molecule has 0 radical (unpaired) electrons. The lowest BCUT2D eigenvalue weighted by Crippen LogP contribution is -2.37. The van der Waals surface area contributed by atoms with E-state index in [1.807, 2.05) is 58.1 Å². The second kappa shape index (κ2) is 7.68. The number of para-hydroxylation sites is 2. The van der Waals surface area contributed by atoms with Crippen LogP contribution in [0.3, 0.4) is 0 Å². The molecule has 1 fully saturated rings. The van der Waals surface area contributed by atoms with Crippen molar-refractivity contribution in [1.82, 2.24) is 38.6 Å². The smallest absolute Gasteiger partial charge is 0.326 e. The molecule has 0 bridgehead atoms. The van der Waals surface area contributed by atoms with Gasteiger partial charge in [0, 0.05) is 32.4 Å². The van der Waals surface area contributed by atoms with E-state index >= 15 is 0 Å². The second-order valence-corrected chi connectivity index (χ2v) is 8.82. The molecule has 1 aliphatic heterocycles. The number of hydrogen-bond donors (Lipinski definition) is 1. The fourth-order valence-corrected chi connectivity index (χ4v) is 4.86. The Balaban J connectivity index is 1.31. The SMILES string of the molecule is C=C(C)c1cn(-c2nc3c(N4CCC(n5c(=O)[nH]c6ccccc65)CC4)ncnc3n2C)cn1. The van der Waals surface area contributed by atoms with E-state index in [2.05, 4.69) is 31.4 Å². The molecule has 1 aliphatic rings. The highest BCUT2D eigenvalue weighted by atomic mass is 16.1. The quantitative estimate of drug-likeness (QED) is 0.447. The largest absolute Gasteiger partial charge is 0.354 e. The highest BCUT2D eigenvalue weighted by Gasteiger charge is 2.26. The van der Waals surface area contributed by atoms with Crippen LogP contribution in [-0.2, 0) is 7.05 Å². The molecule has 0 saturated carbocycles. The molecule has 5 aromatic rings. The van der Waals surface area contributed by atoms with Crippen molar-refractivity contribution < 1.29 is 0 Å². The van der Waals surface area contributed by atoms with E-state index < -0.39 is 0 Å². The summed E-state index contributed by atoms with van der Waals surface area (Å²) in [7, 11) is 1.94. The topological polar surface area (TPSA) is 102 Å². The van der Waals surface area contributed by atoms with Crippen LogP contribution in [0.4, 0.5) is 5.82 Å². The van der Waals surface area contributed by atoms with Crippen LogP contribution >= 0.6 is 0 Å². The number of nitrogens with one attached hydrogen (secondary N) is 1. The molecule has 34 heavy (non-hydrogen) atoms. The normalized spacial score (nSPS) is 14.9. The minimum atomic E-state index is -0.0482. The molecule has 0 aliphatic carbocycles. The monoisotopic (exact) mass is 455 g/mol. The third kappa shape index (κ3) is 3.13. The van der Waals surface area contributed by atoms with Gasteiger partial charge in [0.1, 0.15) is 12.7 Å². The molecule has 10 nitrogen and oxygen atoms in total. The van der Waals surface area contributed by atoms with Crippen LogP contribution in [0.5, 0.6) is 0 Å². The number of fused-ring (bicyclic) bond motifs is 2. The molecule has 0 atom stereocenters. The van der Waals surface area contributed by atoms with Gasteiger partial charge in [0.05, 0.1) is 16.7 Å². The number of imidazole rings is 3. The Morgan fingerprint density at radius 1 is 1.15 bits per heavy atom. The second-order valence-electron chi connectivity index (χ2n) is 8.82. The summed E-state index contributed by atoms with van der Waals surface area (Å²) < 4.78 is 5.73. The highest BCUT2D eigenvalue weighted by Crippen LogP contribution is 2.30. The van der Waals surface area contributed by atoms with Crippen molar-refractivity contribution in [2.24, 2.45) is 7.05 Å². The van der Waals surface area contributed by atoms with E-state index in [4.69, 9.17) is 4.98 Å². The number of allylic oxidation sites excluding steroid dienone is 1. The summed E-state index contributed by atoms with van der Waals surface area (Å²) in [5.41, 5.74) is 5.03. The molecular formula is C24H25N9O. The molecule has 1 aromatic carbocycles. The molecule has 172 valence electrons. The minimum Gasteiger partial charge on any atom is -0.354 e. The first-order chi connectivity index (χ1) is 16.5. The molecule has 0 unspecified atom stereocenters. The Labute approximate surface area is 195 Å². The summed E-state index contributed by atoms with van der Waals surface area (Å²) in [4.78, 5) is 36.2. The van der Waals surface area contributed by atoms with Crippen molar-refractivity contribution in [2.45, 2.75) is 25.8 Å². The van der Waals surface area contributed by atoms with E-state index in [9.17, 15) is 4.79 Å². The van der Waals surface area contributed by atoms with E-state index in [0.717, 1.165) is 71.2 Å². The zero-order valence-corrected chi connectivity index (χ0v) is 19.1. The first kappa shape index (κ1) is 20.4. The van der Waals surface area contributed by atoms with Gasteiger partial charge < -0.3 is 9.88 Å². The first-order valence-electron chi connectivity index (χ1n) is 11.3. The Kier molecular flexibility index (Phi) is 4.61. The van der Waals surface area contributed by atoms with Crippen molar-refractivity contribution in [3.05, 3.63) is 65.9 Å². The molecule has 1 N–H and O–H groups in total. The van der Waals surface area contributed by atoms with E-state index in [-0.39, 0.29) is 11.7 Å². The summed E-state index contributed by atoms with van der Waals surface area (Å²) in [6, 6.07) is 7.99. The maximum atomic E-state index is 12.6. The molecule has 6 rings (SSSR count). The number of aromatic amines is 1. The van der Waals surface area contributed by atoms with Crippen LogP contribution in [0.1, 0.15) is 31.5 Å². The molecule has 0 amide bonds. The lowest BCUT2D eigenvalue weighted by molar-refractivity contribution is 0.395. The van der Waals surface area contributed by atoms with Crippen LogP contribution < -0.4 is 10.6 Å². The zero-order chi connectivity index (χ0) is 23.4. The Morgan fingerprint density at radius 2 is 1.94 bits per heavy atom. The van der Waals surface area contributed by atoms with Gasteiger partial charge in [-0.3, -0.25) is 13.7 Å². The minimum absolute atomic E-state index is 0.0482. The number of rotatable bonds is 4. The molecule has 1 saturated heterocycles.